The Bertz CT molecular complexity index is 808. The second-order valence-corrected chi connectivity index (χ2v) is 5.03. The predicted octanol–water partition coefficient (Wildman–Crippen LogP) is 1.90. The second-order valence-electron chi connectivity index (χ2n) is 4.68. The number of aromatic nitrogens is 2. The van der Waals surface area contributed by atoms with Crippen molar-refractivity contribution in [1.82, 2.24) is 9.55 Å². The molecule has 2 aromatic rings. The summed E-state index contributed by atoms with van der Waals surface area (Å²) < 4.78 is 25.2. The fourth-order valence-corrected chi connectivity index (χ4v) is 2.11. The van der Waals surface area contributed by atoms with Crippen LogP contribution in [0.5, 0.6) is 0 Å². The lowest BCUT2D eigenvalue weighted by atomic mass is 10.2. The fraction of sp³-hybridized carbons (Fsp3) is 0.357. The number of carboxylic acids is 1. The molecule has 0 saturated heterocycles. The van der Waals surface area contributed by atoms with E-state index in [2.05, 4.69) is 4.98 Å². The Labute approximate surface area is 135 Å². The summed E-state index contributed by atoms with van der Waals surface area (Å²) in [7, 11) is 1.48. The standard InChI is InChI=1S/C14H14ClFN2O5/c1-7(22-2)23-4-3-18-6-9(14(20)21)11(19)8-5-10(16)12(15)17-13(8)18/h5-7H,3-4H2,1-2H3,(H,20,21). The van der Waals surface area contributed by atoms with Crippen molar-refractivity contribution in [1.29, 1.82) is 0 Å². The van der Waals surface area contributed by atoms with Crippen molar-refractivity contribution < 1.29 is 23.8 Å². The Morgan fingerprint density at radius 1 is 1.57 bits per heavy atom. The van der Waals surface area contributed by atoms with Gasteiger partial charge in [-0.1, -0.05) is 11.6 Å². The molecule has 1 atom stereocenters. The Morgan fingerprint density at radius 2 is 2.26 bits per heavy atom. The zero-order chi connectivity index (χ0) is 17.1. The number of halogens is 2. The van der Waals surface area contributed by atoms with Crippen LogP contribution in [0.15, 0.2) is 17.1 Å². The first-order valence-electron chi connectivity index (χ1n) is 6.62. The number of carboxylic acid groups (broad SMARTS) is 1. The lowest BCUT2D eigenvalue weighted by Crippen LogP contribution is -2.22. The number of hydrogen-bond acceptors (Lipinski definition) is 5. The molecule has 2 rings (SSSR count). The molecule has 0 aliphatic heterocycles. The van der Waals surface area contributed by atoms with Gasteiger partial charge in [-0.25, -0.2) is 14.2 Å². The van der Waals surface area contributed by atoms with E-state index in [1.165, 1.54) is 11.7 Å². The number of carbonyl (C=O) groups is 1. The third kappa shape index (κ3) is 3.66. The molecular weight excluding hydrogens is 331 g/mol. The minimum absolute atomic E-state index is 0.0834. The SMILES string of the molecule is COC(C)OCCn1cc(C(=O)O)c(=O)c2cc(F)c(Cl)nc21. The topological polar surface area (TPSA) is 90.6 Å². The van der Waals surface area contributed by atoms with Crippen LogP contribution in [0.1, 0.15) is 17.3 Å². The number of ether oxygens (including phenoxy) is 2. The van der Waals surface area contributed by atoms with Crippen LogP contribution in [0.4, 0.5) is 4.39 Å². The van der Waals surface area contributed by atoms with E-state index in [1.807, 2.05) is 0 Å². The Balaban J connectivity index is 2.53. The van der Waals surface area contributed by atoms with Gasteiger partial charge in [-0.15, -0.1) is 0 Å². The van der Waals surface area contributed by atoms with E-state index in [0.717, 1.165) is 12.3 Å². The number of aromatic carboxylic acids is 1. The molecule has 124 valence electrons. The summed E-state index contributed by atoms with van der Waals surface area (Å²) in [6.07, 6.45) is 0.684. The summed E-state index contributed by atoms with van der Waals surface area (Å²) in [5.74, 6) is -2.30. The van der Waals surface area contributed by atoms with Gasteiger partial charge in [0.15, 0.2) is 17.3 Å². The van der Waals surface area contributed by atoms with Crippen LogP contribution in [-0.2, 0) is 16.0 Å². The molecule has 0 aliphatic rings. The normalized spacial score (nSPS) is 12.5. The first kappa shape index (κ1) is 17.3. The first-order valence-corrected chi connectivity index (χ1v) is 6.99. The fourth-order valence-electron chi connectivity index (χ4n) is 1.97. The van der Waals surface area contributed by atoms with Gasteiger partial charge < -0.3 is 19.1 Å². The number of hydrogen-bond donors (Lipinski definition) is 1. The quantitative estimate of drug-likeness (QED) is 0.635. The molecule has 7 nitrogen and oxygen atoms in total. The molecule has 0 radical (unpaired) electrons. The maximum absolute atomic E-state index is 13.6. The zero-order valence-corrected chi connectivity index (χ0v) is 13.1. The van der Waals surface area contributed by atoms with Crippen LogP contribution in [0.2, 0.25) is 5.15 Å². The Hall–Kier alpha value is -2.03. The number of fused-ring (bicyclic) bond motifs is 1. The van der Waals surface area contributed by atoms with Gasteiger partial charge in [-0.3, -0.25) is 4.79 Å². The van der Waals surface area contributed by atoms with Crippen LogP contribution in [0, 0.1) is 5.82 Å². The molecule has 0 aromatic carbocycles. The predicted molar refractivity (Wildman–Crippen MR) is 80.4 cm³/mol. The van der Waals surface area contributed by atoms with Gasteiger partial charge in [0.1, 0.15) is 11.2 Å². The summed E-state index contributed by atoms with van der Waals surface area (Å²) >= 11 is 5.65. The summed E-state index contributed by atoms with van der Waals surface area (Å²) in [5, 5.41) is 8.56. The highest BCUT2D eigenvalue weighted by molar-refractivity contribution is 6.29. The number of methoxy groups -OCH3 is 1. The van der Waals surface area contributed by atoms with E-state index in [4.69, 9.17) is 26.2 Å². The molecule has 9 heteroatoms. The van der Waals surface area contributed by atoms with Gasteiger partial charge in [0.25, 0.3) is 0 Å². The lowest BCUT2D eigenvalue weighted by molar-refractivity contribution is -0.112. The summed E-state index contributed by atoms with van der Waals surface area (Å²) in [6.45, 7) is 2.04. The van der Waals surface area contributed by atoms with Crippen LogP contribution >= 0.6 is 11.6 Å². The lowest BCUT2D eigenvalue weighted by Gasteiger charge is -2.14. The Kier molecular flexibility index (Phi) is 5.30. The van der Waals surface area contributed by atoms with E-state index in [9.17, 15) is 14.0 Å². The van der Waals surface area contributed by atoms with E-state index in [1.54, 1.807) is 6.92 Å². The summed E-state index contributed by atoms with van der Waals surface area (Å²) in [5.41, 5.74) is -1.22. The minimum atomic E-state index is -1.41. The van der Waals surface area contributed by atoms with Crippen LogP contribution in [-0.4, -0.2) is 40.6 Å². The molecule has 0 saturated carbocycles. The van der Waals surface area contributed by atoms with Gasteiger partial charge in [0.05, 0.1) is 12.0 Å². The molecule has 1 unspecified atom stereocenters. The first-order chi connectivity index (χ1) is 10.8. The molecule has 0 spiro atoms. The average molecular weight is 345 g/mol. The average Bonchev–Trinajstić information content (AvgIpc) is 2.50. The van der Waals surface area contributed by atoms with Crippen molar-refractivity contribution in [3.8, 4) is 0 Å². The van der Waals surface area contributed by atoms with E-state index in [-0.39, 0.29) is 24.2 Å². The van der Waals surface area contributed by atoms with Gasteiger partial charge >= 0.3 is 5.97 Å². The summed E-state index contributed by atoms with van der Waals surface area (Å²) in [6, 6.07) is 0.884. The third-order valence-corrected chi connectivity index (χ3v) is 3.47. The van der Waals surface area contributed by atoms with Crippen molar-refractivity contribution >= 4 is 28.6 Å². The van der Waals surface area contributed by atoms with Crippen molar-refractivity contribution in [2.45, 2.75) is 19.8 Å². The van der Waals surface area contributed by atoms with Gasteiger partial charge in [0.2, 0.25) is 5.43 Å². The van der Waals surface area contributed by atoms with Gasteiger partial charge in [0, 0.05) is 19.9 Å². The van der Waals surface area contributed by atoms with E-state index >= 15 is 0 Å². The van der Waals surface area contributed by atoms with Crippen LogP contribution in [0.25, 0.3) is 11.0 Å². The van der Waals surface area contributed by atoms with E-state index < -0.39 is 34.2 Å². The molecular formula is C14H14ClFN2O5. The van der Waals surface area contributed by atoms with Crippen LogP contribution < -0.4 is 5.43 Å². The molecule has 0 amide bonds. The van der Waals surface area contributed by atoms with Crippen molar-refractivity contribution in [2.75, 3.05) is 13.7 Å². The van der Waals surface area contributed by atoms with Crippen LogP contribution in [0.3, 0.4) is 0 Å². The Morgan fingerprint density at radius 3 is 2.87 bits per heavy atom. The van der Waals surface area contributed by atoms with Gasteiger partial charge in [-0.2, -0.15) is 0 Å². The highest BCUT2D eigenvalue weighted by Gasteiger charge is 2.17. The molecule has 2 aromatic heterocycles. The maximum Gasteiger partial charge on any atom is 0.341 e. The third-order valence-electron chi connectivity index (χ3n) is 3.21. The monoisotopic (exact) mass is 344 g/mol. The largest absolute Gasteiger partial charge is 0.477 e. The van der Waals surface area contributed by atoms with E-state index in [0.29, 0.717) is 0 Å². The highest BCUT2D eigenvalue weighted by Crippen LogP contribution is 2.18. The highest BCUT2D eigenvalue weighted by atomic mass is 35.5. The second kappa shape index (κ2) is 7.03. The summed E-state index contributed by atoms with van der Waals surface area (Å²) in [4.78, 5) is 27.1. The molecule has 0 bridgehead atoms. The molecule has 0 aliphatic carbocycles. The molecule has 2 heterocycles. The molecule has 0 fully saturated rings. The number of rotatable bonds is 6. The smallest absolute Gasteiger partial charge is 0.341 e. The zero-order valence-electron chi connectivity index (χ0n) is 12.4. The molecule has 23 heavy (non-hydrogen) atoms. The number of pyridine rings is 2. The van der Waals surface area contributed by atoms with Gasteiger partial charge in [-0.05, 0) is 13.0 Å². The minimum Gasteiger partial charge on any atom is -0.477 e. The van der Waals surface area contributed by atoms with Crippen molar-refractivity contribution in [2.24, 2.45) is 0 Å². The maximum atomic E-state index is 13.6. The van der Waals surface area contributed by atoms with Crippen molar-refractivity contribution in [3.63, 3.8) is 0 Å². The molecule has 1 N–H and O–H groups in total. The van der Waals surface area contributed by atoms with Crippen molar-refractivity contribution in [3.05, 3.63) is 39.0 Å². The number of nitrogens with zero attached hydrogens (tertiary/aromatic N) is 2.